The van der Waals surface area contributed by atoms with Gasteiger partial charge in [0.2, 0.25) is 0 Å². The van der Waals surface area contributed by atoms with Crippen molar-refractivity contribution in [2.75, 3.05) is 13.2 Å². The zero-order valence-electron chi connectivity index (χ0n) is 17.9. The number of nitrogens with zero attached hydrogens (tertiary/aromatic N) is 1. The number of unbranched alkanes of at least 4 members (excludes halogenated alkanes) is 4. The molecule has 6 heteroatoms. The Morgan fingerprint density at radius 1 is 0.846 bits per heavy atom. The third-order valence-electron chi connectivity index (χ3n) is 4.63. The van der Waals surface area contributed by atoms with Crippen molar-refractivity contribution in [2.45, 2.75) is 98.6 Å². The van der Waals surface area contributed by atoms with Crippen molar-refractivity contribution in [3.63, 3.8) is 0 Å². The Bertz CT molecular complexity index is 400. The van der Waals surface area contributed by atoms with Crippen LogP contribution >= 0.6 is 7.60 Å². The summed E-state index contributed by atoms with van der Waals surface area (Å²) in [5.41, 5.74) is -0.147. The van der Waals surface area contributed by atoms with E-state index in [-0.39, 0.29) is 0 Å². The minimum atomic E-state index is -3.31. The van der Waals surface area contributed by atoms with Crippen molar-refractivity contribution in [3.05, 3.63) is 0 Å². The minimum Gasteiger partial charge on any atom is -0.411 e. The minimum absolute atomic E-state index is 0.382. The first kappa shape index (κ1) is 25.6. The Kier molecular flexibility index (Phi) is 14.4. The van der Waals surface area contributed by atoms with Gasteiger partial charge in [-0.2, -0.15) is 0 Å². The molecular weight excluding hydrogens is 349 g/mol. The van der Waals surface area contributed by atoms with E-state index in [1.165, 1.54) is 12.8 Å². The van der Waals surface area contributed by atoms with Crippen LogP contribution in [0.2, 0.25) is 0 Å². The van der Waals surface area contributed by atoms with Crippen LogP contribution in [0.15, 0.2) is 5.16 Å². The third-order valence-corrected chi connectivity index (χ3v) is 7.04. The van der Waals surface area contributed by atoms with Crippen LogP contribution in [0.25, 0.3) is 0 Å². The maximum Gasteiger partial charge on any atom is 0.339 e. The fourth-order valence-electron chi connectivity index (χ4n) is 2.62. The molecule has 0 fully saturated rings. The molecule has 0 bridgehead atoms. The molecule has 26 heavy (non-hydrogen) atoms. The van der Waals surface area contributed by atoms with Crippen molar-refractivity contribution < 1.29 is 18.8 Å². The van der Waals surface area contributed by atoms with Gasteiger partial charge in [0.25, 0.3) is 0 Å². The van der Waals surface area contributed by atoms with E-state index in [1.807, 2.05) is 0 Å². The molecule has 0 amide bonds. The van der Waals surface area contributed by atoms with Gasteiger partial charge in [-0.25, -0.2) is 0 Å². The van der Waals surface area contributed by atoms with Crippen LogP contribution in [0.4, 0.5) is 0 Å². The summed E-state index contributed by atoms with van der Waals surface area (Å²) in [5, 5.41) is 12.2. The largest absolute Gasteiger partial charge is 0.411 e. The molecule has 0 aromatic heterocycles. The number of rotatable bonds is 16. The monoisotopic (exact) mass is 391 g/mol. The second kappa shape index (κ2) is 14.6. The van der Waals surface area contributed by atoms with Crippen LogP contribution in [0, 0.1) is 11.8 Å². The van der Waals surface area contributed by atoms with Crippen molar-refractivity contribution in [2.24, 2.45) is 17.0 Å². The first-order valence-electron chi connectivity index (χ1n) is 10.3. The fourth-order valence-corrected chi connectivity index (χ4v) is 4.42. The average molecular weight is 392 g/mol. The van der Waals surface area contributed by atoms with Gasteiger partial charge < -0.3 is 14.3 Å². The Labute approximate surface area is 161 Å². The second-order valence-electron chi connectivity index (χ2n) is 8.11. The molecule has 0 spiro atoms. The lowest BCUT2D eigenvalue weighted by Crippen LogP contribution is -2.18. The van der Waals surface area contributed by atoms with Crippen LogP contribution in [0.1, 0.15) is 92.9 Å². The predicted molar refractivity (Wildman–Crippen MR) is 110 cm³/mol. The smallest absolute Gasteiger partial charge is 0.339 e. The molecule has 0 aliphatic carbocycles. The van der Waals surface area contributed by atoms with Gasteiger partial charge >= 0.3 is 7.60 Å². The van der Waals surface area contributed by atoms with Crippen molar-refractivity contribution in [1.29, 1.82) is 0 Å². The SMILES string of the molecule is CC(=NO)C(C)P(=O)(OCCCCCC(C)C)OCCCCCC(C)C. The van der Waals surface area contributed by atoms with Gasteiger partial charge in [-0.05, 0) is 38.5 Å². The standard InChI is InChI=1S/C20H42NO4P/c1-17(2)13-9-7-11-15-24-26(23,20(6)19(5)21-22)25-16-12-8-10-14-18(3)4/h17-18,20,22H,7-16H2,1-6H3. The Morgan fingerprint density at radius 2 is 1.27 bits per heavy atom. The first-order chi connectivity index (χ1) is 12.2. The lowest BCUT2D eigenvalue weighted by molar-refractivity contribution is 0.194. The predicted octanol–water partition coefficient (Wildman–Crippen LogP) is 6.88. The summed E-state index contributed by atoms with van der Waals surface area (Å²) in [4.78, 5) is 0. The first-order valence-corrected chi connectivity index (χ1v) is 11.9. The highest BCUT2D eigenvalue weighted by Gasteiger charge is 2.34. The zero-order chi connectivity index (χ0) is 20.0. The molecular formula is C20H42NO4P. The van der Waals surface area contributed by atoms with Crippen LogP contribution in [-0.4, -0.2) is 29.8 Å². The highest BCUT2D eigenvalue weighted by Crippen LogP contribution is 2.53. The van der Waals surface area contributed by atoms with Crippen LogP contribution in [0.5, 0.6) is 0 Å². The number of oxime groups is 1. The molecule has 0 saturated carbocycles. The van der Waals surface area contributed by atoms with Gasteiger partial charge in [0.1, 0.15) is 0 Å². The molecule has 0 aliphatic heterocycles. The summed E-state index contributed by atoms with van der Waals surface area (Å²) in [6.07, 6.45) is 8.61. The lowest BCUT2D eigenvalue weighted by Gasteiger charge is -2.24. The average Bonchev–Trinajstić information content (AvgIpc) is 2.59. The summed E-state index contributed by atoms with van der Waals surface area (Å²) in [6, 6.07) is 0. The van der Waals surface area contributed by atoms with E-state index in [0.717, 1.165) is 38.5 Å². The number of hydrogen-bond acceptors (Lipinski definition) is 5. The van der Waals surface area contributed by atoms with E-state index < -0.39 is 13.3 Å². The summed E-state index contributed by atoms with van der Waals surface area (Å²) >= 11 is 0. The molecule has 156 valence electrons. The maximum atomic E-state index is 13.2. The molecule has 0 aromatic carbocycles. The fraction of sp³-hybridized carbons (Fsp3) is 0.950. The number of hydrogen-bond donors (Lipinski definition) is 1. The quantitative estimate of drug-likeness (QED) is 0.102. The van der Waals surface area contributed by atoms with E-state index in [4.69, 9.17) is 14.3 Å². The Balaban J connectivity index is 4.37. The summed E-state index contributed by atoms with van der Waals surface area (Å²) in [5.74, 6) is 1.42. The Morgan fingerprint density at radius 3 is 1.62 bits per heavy atom. The molecule has 0 rings (SSSR count). The van der Waals surface area contributed by atoms with Gasteiger partial charge in [-0.15, -0.1) is 0 Å². The van der Waals surface area contributed by atoms with Crippen LogP contribution in [0.3, 0.4) is 0 Å². The van der Waals surface area contributed by atoms with Gasteiger partial charge in [0, 0.05) is 0 Å². The van der Waals surface area contributed by atoms with Gasteiger partial charge in [-0.1, -0.05) is 71.4 Å². The van der Waals surface area contributed by atoms with Crippen molar-refractivity contribution in [1.82, 2.24) is 0 Å². The summed E-state index contributed by atoms with van der Waals surface area (Å²) in [7, 11) is -3.31. The van der Waals surface area contributed by atoms with Gasteiger partial charge in [0.15, 0.2) is 0 Å². The molecule has 0 saturated heterocycles. The molecule has 1 atom stereocenters. The lowest BCUT2D eigenvalue weighted by atomic mass is 10.1. The van der Waals surface area contributed by atoms with Crippen LogP contribution in [-0.2, 0) is 13.6 Å². The van der Waals surface area contributed by atoms with Crippen molar-refractivity contribution >= 4 is 13.3 Å². The molecule has 0 aromatic rings. The molecule has 5 nitrogen and oxygen atoms in total. The van der Waals surface area contributed by atoms with E-state index >= 15 is 0 Å². The van der Waals surface area contributed by atoms with E-state index in [0.29, 0.717) is 30.8 Å². The second-order valence-corrected chi connectivity index (χ2v) is 10.5. The third kappa shape index (κ3) is 12.1. The van der Waals surface area contributed by atoms with Crippen LogP contribution < -0.4 is 0 Å². The summed E-state index contributed by atoms with van der Waals surface area (Å²) < 4.78 is 24.6. The van der Waals surface area contributed by atoms with E-state index in [1.54, 1.807) is 13.8 Å². The van der Waals surface area contributed by atoms with Gasteiger partial charge in [-0.3, -0.25) is 4.57 Å². The maximum absolute atomic E-state index is 13.2. The summed E-state index contributed by atoms with van der Waals surface area (Å²) in [6.45, 7) is 13.1. The topological polar surface area (TPSA) is 68.1 Å². The molecule has 1 unspecified atom stereocenters. The molecule has 0 radical (unpaired) electrons. The molecule has 0 heterocycles. The zero-order valence-corrected chi connectivity index (χ0v) is 18.8. The van der Waals surface area contributed by atoms with Crippen molar-refractivity contribution in [3.8, 4) is 0 Å². The van der Waals surface area contributed by atoms with E-state index in [9.17, 15) is 4.57 Å². The molecule has 1 N–H and O–H groups in total. The Hall–Kier alpha value is -0.380. The van der Waals surface area contributed by atoms with E-state index in [2.05, 4.69) is 32.9 Å². The highest BCUT2D eigenvalue weighted by molar-refractivity contribution is 7.55. The highest BCUT2D eigenvalue weighted by atomic mass is 31.2. The normalized spacial score (nSPS) is 14.4. The van der Waals surface area contributed by atoms with Gasteiger partial charge in [0.05, 0.1) is 24.6 Å². The molecule has 0 aliphatic rings.